The normalized spacial score (nSPS) is 20.0. The molecule has 0 aliphatic carbocycles. The maximum atomic E-state index is 5.19. The van der Waals surface area contributed by atoms with Crippen LogP contribution in [0, 0.1) is 20.8 Å². The van der Waals surface area contributed by atoms with E-state index in [1.807, 2.05) is 41.7 Å². The summed E-state index contributed by atoms with van der Waals surface area (Å²) in [6.07, 6.45) is 7.12. The van der Waals surface area contributed by atoms with E-state index < -0.39 is 0 Å². The molecule has 3 aromatic heterocycles. The molecule has 6 unspecified atom stereocenters. The molecule has 0 saturated carbocycles. The van der Waals surface area contributed by atoms with Crippen LogP contribution in [0.4, 0.5) is 0 Å². The Labute approximate surface area is 304 Å². The minimum absolute atomic E-state index is 0. The summed E-state index contributed by atoms with van der Waals surface area (Å²) >= 11 is 0. The van der Waals surface area contributed by atoms with E-state index in [9.17, 15) is 0 Å². The average Bonchev–Trinajstić information content (AvgIpc) is 3.76. The van der Waals surface area contributed by atoms with Gasteiger partial charge in [0.05, 0.1) is 17.8 Å². The zero-order valence-electron chi connectivity index (χ0n) is 28.8. The van der Waals surface area contributed by atoms with Crippen molar-refractivity contribution < 1.29 is 13.6 Å². The van der Waals surface area contributed by atoms with Gasteiger partial charge in [0.1, 0.15) is 7.28 Å². The maximum absolute atomic E-state index is 5.19. The summed E-state index contributed by atoms with van der Waals surface area (Å²) in [7, 11) is 6.27. The highest BCUT2D eigenvalue weighted by atomic mass is 31.0. The van der Waals surface area contributed by atoms with Crippen molar-refractivity contribution in [3.63, 3.8) is 0 Å². The predicted octanol–water partition coefficient (Wildman–Crippen LogP) is 6.13. The Hall–Kier alpha value is -1.28. The fourth-order valence-corrected chi connectivity index (χ4v) is 5.31. The Bertz CT molecular complexity index is 1150. The van der Waals surface area contributed by atoms with Gasteiger partial charge >= 0.3 is 0 Å². The lowest BCUT2D eigenvalue weighted by Gasteiger charge is -2.29. The first-order chi connectivity index (χ1) is 20.3. The van der Waals surface area contributed by atoms with Gasteiger partial charge in [-0.15, -0.1) is 0 Å². The largest absolute Gasteiger partial charge is 0.346 e. The number of aryl methyl sites for hydroxylation is 3. The van der Waals surface area contributed by atoms with Crippen LogP contribution in [-0.2, 0) is 0 Å². The lowest BCUT2D eigenvalue weighted by molar-refractivity contribution is 0.220. The van der Waals surface area contributed by atoms with Gasteiger partial charge in [-0.3, -0.25) is 0 Å². The first-order valence-corrected chi connectivity index (χ1v) is 15.4. The number of piperidine rings is 3. The van der Waals surface area contributed by atoms with E-state index in [2.05, 4.69) is 66.7 Å². The summed E-state index contributed by atoms with van der Waals surface area (Å²) in [5.74, 6) is 5.90. The number of rotatable bonds is 4. The molecule has 0 amide bonds. The van der Waals surface area contributed by atoms with Crippen molar-refractivity contribution >= 4 is 44.4 Å². The van der Waals surface area contributed by atoms with Crippen LogP contribution in [0.25, 0.3) is 0 Å². The predicted molar refractivity (Wildman–Crippen MR) is 218 cm³/mol. The van der Waals surface area contributed by atoms with Crippen molar-refractivity contribution in [3.8, 4) is 0 Å². The van der Waals surface area contributed by atoms with Gasteiger partial charge in [0, 0.05) is 13.1 Å². The quantitative estimate of drug-likeness (QED) is 0.245. The van der Waals surface area contributed by atoms with Crippen molar-refractivity contribution in [3.05, 3.63) is 35.1 Å². The first-order valence-electron chi connectivity index (χ1n) is 15.4. The van der Waals surface area contributed by atoms with Crippen LogP contribution in [0.15, 0.2) is 13.6 Å². The third kappa shape index (κ3) is 18.6. The van der Waals surface area contributed by atoms with Gasteiger partial charge in [0.15, 0.2) is 17.5 Å². The number of likely N-dealkylation sites (N-methyl/N-ethyl adjacent to an activating group) is 1. The Morgan fingerprint density at radius 3 is 1.44 bits per heavy atom. The molecule has 3 aromatic rings. The van der Waals surface area contributed by atoms with Crippen molar-refractivity contribution in [2.75, 3.05) is 46.3 Å². The van der Waals surface area contributed by atoms with Gasteiger partial charge in [-0.05, 0) is 92.5 Å². The van der Waals surface area contributed by atoms with Crippen molar-refractivity contribution in [1.82, 2.24) is 45.4 Å². The number of aromatic nitrogens is 6. The fourth-order valence-electron chi connectivity index (χ4n) is 5.31. The molecule has 1 N–H and O–H groups in total. The lowest BCUT2D eigenvalue weighted by Crippen LogP contribution is -2.35. The monoisotopic (exact) mass is 732 g/mol. The van der Waals surface area contributed by atoms with Gasteiger partial charge in [0.25, 0.3) is 0 Å². The molecule has 3 saturated heterocycles. The summed E-state index contributed by atoms with van der Waals surface area (Å²) in [5, 5.41) is 14.7. The average molecular weight is 732 g/mol. The van der Waals surface area contributed by atoms with Gasteiger partial charge in [-0.1, -0.05) is 58.2 Å². The Balaban J connectivity index is -0.000000274. The Morgan fingerprint density at radius 1 is 0.646 bits per heavy atom. The second-order valence-corrected chi connectivity index (χ2v) is 11.4. The topological polar surface area (TPSA) is 135 Å². The molecule has 0 spiro atoms. The molecule has 3 aliphatic heterocycles. The van der Waals surface area contributed by atoms with Gasteiger partial charge < -0.3 is 28.6 Å². The van der Waals surface area contributed by atoms with Crippen LogP contribution in [0.2, 0.25) is 20.5 Å². The van der Waals surface area contributed by atoms with E-state index in [0.29, 0.717) is 17.8 Å². The van der Waals surface area contributed by atoms with E-state index in [1.54, 1.807) is 0 Å². The second-order valence-electron chi connectivity index (χ2n) is 11.4. The lowest BCUT2D eigenvalue weighted by atomic mass is 9.88. The standard InChI is InChI=1S/C9H15BN3O.C9H15N3O.C8H13N3O.C2H6B.3CH4.3H3P/c1-7-11-9(14-12-7)8-4-3-5-13(6-8)10-2;1-7-10-9(13-11-7)8-4-3-5-12(2)6-8;1-6-10-8(12-11-6)7-3-2-4-9-5-7;1-3-2;;;;;;/h8H,3-6H2,1-2H3;8H,3-6H2,1-2H3;7,9H,2-5H2,1H3;1-2H3;3*1H4;3*1H3. The van der Waals surface area contributed by atoms with E-state index in [-0.39, 0.29) is 52.0 Å². The molecule has 6 atom stereocenters. The van der Waals surface area contributed by atoms with Crippen molar-refractivity contribution in [2.24, 2.45) is 0 Å². The van der Waals surface area contributed by atoms with E-state index >= 15 is 0 Å². The minimum atomic E-state index is 0. The molecular weight excluding hydrogens is 661 g/mol. The molecule has 0 aromatic carbocycles. The maximum Gasteiger partial charge on any atom is 0.231 e. The summed E-state index contributed by atoms with van der Waals surface area (Å²) in [4.78, 5) is 17.4. The van der Waals surface area contributed by atoms with E-state index in [4.69, 9.17) is 13.6 Å². The minimum Gasteiger partial charge on any atom is -0.346 e. The van der Waals surface area contributed by atoms with Crippen LogP contribution < -0.4 is 5.32 Å². The molecule has 3 aliphatic rings. The van der Waals surface area contributed by atoms with Gasteiger partial charge in [0.2, 0.25) is 25.1 Å². The SMILES string of the molecule is C.C.C.C[B]C.C[B]N1CCCC(c2nc(C)no2)C1.Cc1noc(C2CCCN(C)C2)n1.Cc1noc(C2CCCNC2)n1.P.P.P. The molecule has 17 heteroatoms. The van der Waals surface area contributed by atoms with Crippen LogP contribution >= 0.6 is 29.7 Å². The third-order valence-electron chi connectivity index (χ3n) is 7.42. The third-order valence-corrected chi connectivity index (χ3v) is 7.42. The zero-order chi connectivity index (χ0) is 30.3. The Kier molecular flexibility index (Phi) is 32.8. The highest BCUT2D eigenvalue weighted by Crippen LogP contribution is 2.26. The van der Waals surface area contributed by atoms with Crippen LogP contribution in [0.3, 0.4) is 0 Å². The molecule has 6 heterocycles. The van der Waals surface area contributed by atoms with Gasteiger partial charge in [-0.2, -0.15) is 44.6 Å². The van der Waals surface area contributed by atoms with Crippen molar-refractivity contribution in [1.29, 1.82) is 0 Å². The molecule has 278 valence electrons. The van der Waals surface area contributed by atoms with Crippen LogP contribution in [-0.4, -0.2) is 101 Å². The fraction of sp³-hybridized carbons (Fsp3) is 0.806. The highest BCUT2D eigenvalue weighted by Gasteiger charge is 2.25. The summed E-state index contributed by atoms with van der Waals surface area (Å²) in [6, 6.07) is 0. The second kappa shape index (κ2) is 29.5. The number of likely N-dealkylation sites (tertiary alicyclic amines) is 1. The van der Waals surface area contributed by atoms with Crippen LogP contribution in [0.5, 0.6) is 0 Å². The molecule has 0 bridgehead atoms. The summed E-state index contributed by atoms with van der Waals surface area (Å²) in [5.41, 5.74) is 0. The molecule has 3 fully saturated rings. The number of nitrogens with one attached hydrogen (secondary N) is 1. The first kappa shape index (κ1) is 53.5. The Morgan fingerprint density at radius 2 is 1.06 bits per heavy atom. The van der Waals surface area contributed by atoms with E-state index in [0.717, 1.165) is 80.7 Å². The van der Waals surface area contributed by atoms with Gasteiger partial charge in [-0.25, -0.2) is 0 Å². The molecule has 2 radical (unpaired) electrons. The molecule has 12 nitrogen and oxygen atoms in total. The van der Waals surface area contributed by atoms with Crippen LogP contribution in [0.1, 0.15) is 114 Å². The molecule has 6 rings (SSSR count). The smallest absolute Gasteiger partial charge is 0.231 e. The zero-order valence-corrected chi connectivity index (χ0v) is 33.0. The van der Waals surface area contributed by atoms with E-state index in [1.165, 1.54) is 32.2 Å². The number of hydrogen-bond acceptors (Lipinski definition) is 12. The highest BCUT2D eigenvalue weighted by molar-refractivity contribution is 6.92. The molecule has 48 heavy (non-hydrogen) atoms. The molecular formula is C31H70B2N9O3P3. The summed E-state index contributed by atoms with van der Waals surface area (Å²) in [6.45, 7) is 18.1. The van der Waals surface area contributed by atoms with Crippen molar-refractivity contribution in [2.45, 2.75) is 120 Å². The number of hydrogen-bond donors (Lipinski definition) is 1. The summed E-state index contributed by atoms with van der Waals surface area (Å²) < 4.78 is 15.5. The number of nitrogens with zero attached hydrogens (tertiary/aromatic N) is 8.